The Hall–Kier alpha value is -1.77. The van der Waals surface area contributed by atoms with E-state index in [1.807, 2.05) is 0 Å². The van der Waals surface area contributed by atoms with Gasteiger partial charge in [0.2, 0.25) is 0 Å². The Bertz CT molecular complexity index is 814. The summed E-state index contributed by atoms with van der Waals surface area (Å²) in [6, 6.07) is 6.67. The molecule has 132 valence electrons. The maximum Gasteiger partial charge on any atom is 0.277 e. The fraction of sp³-hybridized carbons (Fsp3) is 0.125. The van der Waals surface area contributed by atoms with Gasteiger partial charge in [-0.15, -0.1) is 0 Å². The molecule has 9 heteroatoms. The van der Waals surface area contributed by atoms with Crippen LogP contribution in [0, 0.1) is 6.92 Å². The van der Waals surface area contributed by atoms with Crippen LogP contribution in [0.5, 0.6) is 17.2 Å². The highest BCUT2D eigenvalue weighted by Gasteiger charge is 2.17. The first-order valence-corrected chi connectivity index (χ1v) is 8.87. The van der Waals surface area contributed by atoms with Crippen molar-refractivity contribution in [2.24, 2.45) is 5.10 Å². The van der Waals surface area contributed by atoms with Crippen LogP contribution in [0.4, 0.5) is 0 Å². The predicted octanol–water partition coefficient (Wildman–Crippen LogP) is 4.11. The minimum absolute atomic E-state index is 0.119. The van der Waals surface area contributed by atoms with Crippen LogP contribution in [-0.4, -0.2) is 28.9 Å². The summed E-state index contributed by atoms with van der Waals surface area (Å²) in [4.78, 5) is 11.7. The maximum absolute atomic E-state index is 11.7. The van der Waals surface area contributed by atoms with Crippen LogP contribution in [0.15, 0.2) is 38.3 Å². The first-order valence-electron chi connectivity index (χ1n) is 6.91. The molecule has 0 bridgehead atoms. The molecule has 25 heavy (non-hydrogen) atoms. The highest BCUT2D eigenvalue weighted by molar-refractivity contribution is 9.11. The third kappa shape index (κ3) is 4.87. The number of hydrogen-bond acceptors (Lipinski definition) is 5. The first kappa shape index (κ1) is 19.6. The quantitative estimate of drug-likeness (QED) is 0.433. The van der Waals surface area contributed by atoms with Gasteiger partial charge in [-0.25, -0.2) is 5.43 Å². The standard InChI is InChI=1S/C16H13Br2ClN2O4/c1-8-11(15(23)14(18)16(24)13(8)17)6-20-21-12(22)7-25-10-4-2-3-9(19)5-10/h2-6,23-24H,7H2,1H3,(H,21,22)/b20-6+. The largest absolute Gasteiger partial charge is 0.506 e. The Kier molecular flexibility index (Phi) is 6.69. The van der Waals surface area contributed by atoms with Crippen LogP contribution >= 0.6 is 43.5 Å². The SMILES string of the molecule is Cc1c(Br)c(O)c(Br)c(O)c1/C=N/NC(=O)COc1cccc(Cl)c1. The van der Waals surface area contributed by atoms with Gasteiger partial charge in [-0.3, -0.25) is 4.79 Å². The number of carbonyl (C=O) groups is 1. The van der Waals surface area contributed by atoms with Crippen molar-refractivity contribution in [3.05, 3.63) is 49.4 Å². The number of nitrogens with one attached hydrogen (secondary N) is 1. The normalized spacial score (nSPS) is 10.9. The third-order valence-corrected chi connectivity index (χ3v) is 5.12. The first-order chi connectivity index (χ1) is 11.8. The van der Waals surface area contributed by atoms with Crippen molar-refractivity contribution in [3.8, 4) is 17.2 Å². The lowest BCUT2D eigenvalue weighted by atomic mass is 10.1. The van der Waals surface area contributed by atoms with Crippen molar-refractivity contribution in [2.75, 3.05) is 6.61 Å². The number of phenolic OH excluding ortho intramolecular Hbond substituents is 2. The van der Waals surface area contributed by atoms with Crippen molar-refractivity contribution < 1.29 is 19.7 Å². The van der Waals surface area contributed by atoms with Gasteiger partial charge in [0.05, 0.1) is 10.7 Å². The van der Waals surface area contributed by atoms with Gasteiger partial charge in [-0.1, -0.05) is 17.7 Å². The minimum Gasteiger partial charge on any atom is -0.506 e. The summed E-state index contributed by atoms with van der Waals surface area (Å²) in [5.74, 6) is -0.325. The molecule has 0 aliphatic rings. The van der Waals surface area contributed by atoms with Gasteiger partial charge < -0.3 is 14.9 Å². The highest BCUT2D eigenvalue weighted by atomic mass is 79.9. The van der Waals surface area contributed by atoms with Gasteiger partial charge in [-0.2, -0.15) is 5.10 Å². The maximum atomic E-state index is 11.7. The lowest BCUT2D eigenvalue weighted by Gasteiger charge is -2.11. The fourth-order valence-electron chi connectivity index (χ4n) is 1.86. The molecule has 0 atom stereocenters. The van der Waals surface area contributed by atoms with Gasteiger partial charge in [-0.05, 0) is 62.5 Å². The van der Waals surface area contributed by atoms with E-state index in [0.717, 1.165) is 0 Å². The summed E-state index contributed by atoms with van der Waals surface area (Å²) in [6.07, 6.45) is 1.27. The van der Waals surface area contributed by atoms with Crippen molar-refractivity contribution in [3.63, 3.8) is 0 Å². The molecule has 1 amide bonds. The van der Waals surface area contributed by atoms with E-state index in [4.69, 9.17) is 16.3 Å². The second-order valence-electron chi connectivity index (χ2n) is 4.90. The number of hydrazone groups is 1. The summed E-state index contributed by atoms with van der Waals surface area (Å²) >= 11 is 12.1. The van der Waals surface area contributed by atoms with Gasteiger partial charge in [0.25, 0.3) is 5.91 Å². The van der Waals surface area contributed by atoms with E-state index >= 15 is 0 Å². The van der Waals surface area contributed by atoms with E-state index < -0.39 is 5.91 Å². The van der Waals surface area contributed by atoms with Crippen molar-refractivity contribution in [1.29, 1.82) is 0 Å². The molecule has 0 saturated heterocycles. The summed E-state index contributed by atoms with van der Waals surface area (Å²) in [5.41, 5.74) is 3.19. The van der Waals surface area contributed by atoms with E-state index in [1.54, 1.807) is 31.2 Å². The van der Waals surface area contributed by atoms with Crippen molar-refractivity contribution in [1.82, 2.24) is 5.43 Å². The van der Waals surface area contributed by atoms with Crippen molar-refractivity contribution >= 4 is 55.6 Å². The molecule has 0 spiro atoms. The van der Waals surface area contributed by atoms with Gasteiger partial charge in [0.15, 0.2) is 6.61 Å². The molecule has 6 nitrogen and oxygen atoms in total. The van der Waals surface area contributed by atoms with Gasteiger partial charge in [0.1, 0.15) is 21.7 Å². The summed E-state index contributed by atoms with van der Waals surface area (Å²) in [6.45, 7) is 1.44. The van der Waals surface area contributed by atoms with Crippen LogP contribution < -0.4 is 10.2 Å². The molecule has 0 aromatic heterocycles. The van der Waals surface area contributed by atoms with Crippen LogP contribution in [0.25, 0.3) is 0 Å². The average Bonchev–Trinajstić information content (AvgIpc) is 2.59. The lowest BCUT2D eigenvalue weighted by Crippen LogP contribution is -2.24. The van der Waals surface area contributed by atoms with E-state index in [1.165, 1.54) is 6.21 Å². The molecule has 0 aliphatic carbocycles. The zero-order valence-corrected chi connectivity index (χ0v) is 16.8. The predicted molar refractivity (Wildman–Crippen MR) is 103 cm³/mol. The number of nitrogens with zero attached hydrogens (tertiary/aromatic N) is 1. The van der Waals surface area contributed by atoms with Gasteiger partial charge in [0, 0.05) is 10.6 Å². The molecule has 0 unspecified atom stereocenters. The number of halogens is 3. The second-order valence-corrected chi connectivity index (χ2v) is 6.93. The molecule has 0 aliphatic heterocycles. The fourth-order valence-corrected chi connectivity index (χ4v) is 3.13. The number of hydrogen-bond donors (Lipinski definition) is 3. The second kappa shape index (κ2) is 8.55. The number of aromatic hydroxyl groups is 2. The highest BCUT2D eigenvalue weighted by Crippen LogP contribution is 2.43. The topological polar surface area (TPSA) is 91.1 Å². The third-order valence-electron chi connectivity index (χ3n) is 3.16. The summed E-state index contributed by atoms with van der Waals surface area (Å²) in [5, 5.41) is 24.2. The Labute approximate surface area is 165 Å². The van der Waals surface area contributed by atoms with Crippen LogP contribution in [0.1, 0.15) is 11.1 Å². The number of phenols is 2. The average molecular weight is 493 g/mol. The number of amides is 1. The number of benzene rings is 2. The zero-order chi connectivity index (χ0) is 18.6. The molecule has 2 aromatic rings. The number of rotatable bonds is 5. The molecule has 0 radical (unpaired) electrons. The molecule has 2 aromatic carbocycles. The molecular formula is C16H13Br2ClN2O4. The number of carbonyl (C=O) groups excluding carboxylic acids is 1. The number of ether oxygens (including phenoxy) is 1. The van der Waals surface area contributed by atoms with Gasteiger partial charge >= 0.3 is 0 Å². The van der Waals surface area contributed by atoms with E-state index in [9.17, 15) is 15.0 Å². The van der Waals surface area contributed by atoms with E-state index in [0.29, 0.717) is 26.4 Å². The minimum atomic E-state index is -0.481. The smallest absolute Gasteiger partial charge is 0.277 e. The van der Waals surface area contributed by atoms with E-state index in [2.05, 4.69) is 42.4 Å². The van der Waals surface area contributed by atoms with Crippen LogP contribution in [-0.2, 0) is 4.79 Å². The Morgan fingerprint density at radius 3 is 2.72 bits per heavy atom. The lowest BCUT2D eigenvalue weighted by molar-refractivity contribution is -0.123. The van der Waals surface area contributed by atoms with Crippen LogP contribution in [0.2, 0.25) is 5.02 Å². The molecule has 2 rings (SSSR count). The molecule has 0 fully saturated rings. The monoisotopic (exact) mass is 490 g/mol. The Morgan fingerprint density at radius 2 is 2.04 bits per heavy atom. The molecular weight excluding hydrogens is 479 g/mol. The van der Waals surface area contributed by atoms with Crippen molar-refractivity contribution in [2.45, 2.75) is 6.92 Å². The molecule has 3 N–H and O–H groups in total. The Morgan fingerprint density at radius 1 is 1.32 bits per heavy atom. The van der Waals surface area contributed by atoms with E-state index in [-0.39, 0.29) is 22.6 Å². The van der Waals surface area contributed by atoms with Crippen LogP contribution in [0.3, 0.4) is 0 Å². The summed E-state index contributed by atoms with van der Waals surface area (Å²) < 4.78 is 5.82. The Balaban J connectivity index is 2.00. The molecule has 0 saturated carbocycles. The zero-order valence-electron chi connectivity index (χ0n) is 12.9. The molecule has 0 heterocycles. The summed E-state index contributed by atoms with van der Waals surface area (Å²) in [7, 11) is 0.